The summed E-state index contributed by atoms with van der Waals surface area (Å²) in [5.74, 6) is 0. The molecule has 2 fully saturated rings. The molecule has 2 rings (SSSR count). The van der Waals surface area contributed by atoms with Gasteiger partial charge in [0.2, 0.25) is 0 Å². The van der Waals surface area contributed by atoms with Crippen LogP contribution < -0.4 is 0 Å². The normalized spacial score (nSPS) is 29.3. The molecule has 1 spiro atoms. The lowest BCUT2D eigenvalue weighted by molar-refractivity contribution is 0.0144. The largest absolute Gasteiger partial charge is 0.379 e. The molecule has 0 N–H and O–H groups in total. The van der Waals surface area contributed by atoms with Gasteiger partial charge in [0.15, 0.2) is 0 Å². The van der Waals surface area contributed by atoms with Crippen molar-refractivity contribution in [1.82, 2.24) is 14.7 Å². The molecule has 1 unspecified atom stereocenters. The van der Waals surface area contributed by atoms with Crippen molar-refractivity contribution in [3.8, 4) is 0 Å². The van der Waals surface area contributed by atoms with Crippen LogP contribution in [0.4, 0.5) is 4.79 Å². The van der Waals surface area contributed by atoms with Crippen molar-refractivity contribution in [2.24, 2.45) is 5.41 Å². The fourth-order valence-corrected chi connectivity index (χ4v) is 3.25. The van der Waals surface area contributed by atoms with Gasteiger partial charge in [-0.05, 0) is 19.4 Å². The van der Waals surface area contributed by atoms with Crippen molar-refractivity contribution < 1.29 is 9.53 Å². The Hall–Kier alpha value is -0.810. The molecular formula is C14H27N3O2. The molecular weight excluding hydrogens is 242 g/mol. The average Bonchev–Trinajstić information content (AvgIpc) is 2.60. The molecule has 0 aromatic heterocycles. The third-order valence-corrected chi connectivity index (χ3v) is 4.28. The number of likely N-dealkylation sites (N-methyl/N-ethyl adjacent to an activating group) is 1. The Morgan fingerprint density at radius 3 is 2.79 bits per heavy atom. The SMILES string of the molecule is CCN1CCOCC2(CCCN(C(=O)N(C)C)C2)C1. The van der Waals surface area contributed by atoms with Crippen molar-refractivity contribution in [3.63, 3.8) is 0 Å². The first-order valence-corrected chi connectivity index (χ1v) is 7.33. The molecule has 5 nitrogen and oxygen atoms in total. The number of hydrogen-bond acceptors (Lipinski definition) is 3. The number of piperidine rings is 1. The number of amides is 2. The summed E-state index contributed by atoms with van der Waals surface area (Å²) in [6.07, 6.45) is 2.25. The summed E-state index contributed by atoms with van der Waals surface area (Å²) < 4.78 is 5.82. The molecule has 1 atom stereocenters. The first-order chi connectivity index (χ1) is 9.06. The van der Waals surface area contributed by atoms with Crippen LogP contribution >= 0.6 is 0 Å². The van der Waals surface area contributed by atoms with Gasteiger partial charge in [0, 0.05) is 45.7 Å². The van der Waals surface area contributed by atoms with Crippen molar-refractivity contribution in [1.29, 1.82) is 0 Å². The highest BCUT2D eigenvalue weighted by Crippen LogP contribution is 2.33. The van der Waals surface area contributed by atoms with Gasteiger partial charge >= 0.3 is 6.03 Å². The maximum atomic E-state index is 12.2. The van der Waals surface area contributed by atoms with E-state index >= 15 is 0 Å². The fourth-order valence-electron chi connectivity index (χ4n) is 3.25. The average molecular weight is 269 g/mol. The summed E-state index contributed by atoms with van der Waals surface area (Å²) in [6.45, 7) is 8.65. The highest BCUT2D eigenvalue weighted by Gasteiger charge is 2.40. The van der Waals surface area contributed by atoms with E-state index in [9.17, 15) is 4.79 Å². The molecule has 19 heavy (non-hydrogen) atoms. The lowest BCUT2D eigenvalue weighted by atomic mass is 9.80. The predicted octanol–water partition coefficient (Wildman–Crippen LogP) is 1.10. The molecule has 2 aliphatic heterocycles. The number of carbonyl (C=O) groups excluding carboxylic acids is 1. The molecule has 0 radical (unpaired) electrons. The van der Waals surface area contributed by atoms with Gasteiger partial charge in [-0.3, -0.25) is 0 Å². The fraction of sp³-hybridized carbons (Fsp3) is 0.929. The van der Waals surface area contributed by atoms with E-state index in [1.165, 1.54) is 6.42 Å². The molecule has 0 bridgehead atoms. The van der Waals surface area contributed by atoms with Gasteiger partial charge in [0.25, 0.3) is 0 Å². The monoisotopic (exact) mass is 269 g/mol. The van der Waals surface area contributed by atoms with Crippen molar-refractivity contribution in [2.45, 2.75) is 19.8 Å². The number of likely N-dealkylation sites (tertiary alicyclic amines) is 1. The summed E-state index contributed by atoms with van der Waals surface area (Å²) in [7, 11) is 3.65. The molecule has 2 saturated heterocycles. The summed E-state index contributed by atoms with van der Waals surface area (Å²) in [4.78, 5) is 18.3. The Kier molecular flexibility index (Phi) is 4.68. The zero-order valence-corrected chi connectivity index (χ0v) is 12.5. The van der Waals surface area contributed by atoms with Gasteiger partial charge in [-0.25, -0.2) is 4.79 Å². The van der Waals surface area contributed by atoms with Crippen LogP contribution in [0, 0.1) is 5.41 Å². The van der Waals surface area contributed by atoms with Gasteiger partial charge < -0.3 is 19.4 Å². The molecule has 2 amide bonds. The van der Waals surface area contributed by atoms with E-state index in [2.05, 4.69) is 11.8 Å². The third-order valence-electron chi connectivity index (χ3n) is 4.28. The van der Waals surface area contributed by atoms with Crippen LogP contribution in [0.1, 0.15) is 19.8 Å². The minimum absolute atomic E-state index is 0.131. The number of carbonyl (C=O) groups is 1. The molecule has 0 saturated carbocycles. The number of hydrogen-bond donors (Lipinski definition) is 0. The Balaban J connectivity index is 2.07. The van der Waals surface area contributed by atoms with E-state index in [0.29, 0.717) is 0 Å². The number of urea groups is 1. The Morgan fingerprint density at radius 2 is 2.11 bits per heavy atom. The Morgan fingerprint density at radius 1 is 1.32 bits per heavy atom. The summed E-state index contributed by atoms with van der Waals surface area (Å²) in [5, 5.41) is 0. The highest BCUT2D eigenvalue weighted by atomic mass is 16.5. The maximum Gasteiger partial charge on any atom is 0.319 e. The van der Waals surface area contributed by atoms with E-state index in [4.69, 9.17) is 4.74 Å². The molecule has 0 aromatic rings. The lowest BCUT2D eigenvalue weighted by Gasteiger charge is -2.44. The van der Waals surface area contributed by atoms with Gasteiger partial charge in [-0.2, -0.15) is 0 Å². The van der Waals surface area contributed by atoms with Crippen LogP contribution in [-0.4, -0.2) is 80.8 Å². The zero-order valence-electron chi connectivity index (χ0n) is 12.5. The van der Waals surface area contributed by atoms with E-state index in [1.54, 1.807) is 4.90 Å². The molecule has 2 aliphatic rings. The zero-order chi connectivity index (χ0) is 13.9. The summed E-state index contributed by atoms with van der Waals surface area (Å²) in [5.41, 5.74) is 0.135. The second-order valence-electron chi connectivity index (χ2n) is 6.12. The summed E-state index contributed by atoms with van der Waals surface area (Å²) in [6, 6.07) is 0.131. The third kappa shape index (κ3) is 3.39. The molecule has 0 aliphatic carbocycles. The predicted molar refractivity (Wildman–Crippen MR) is 75.3 cm³/mol. The standard InChI is InChI=1S/C14H27N3O2/c1-4-16-8-9-19-12-14(10-16)6-5-7-17(11-14)13(18)15(2)3/h4-12H2,1-3H3. The van der Waals surface area contributed by atoms with Gasteiger partial charge in [-0.15, -0.1) is 0 Å². The highest BCUT2D eigenvalue weighted by molar-refractivity contribution is 5.74. The van der Waals surface area contributed by atoms with E-state index in [0.717, 1.165) is 52.4 Å². The lowest BCUT2D eigenvalue weighted by Crippen LogP contribution is -2.54. The van der Waals surface area contributed by atoms with Gasteiger partial charge in [-0.1, -0.05) is 6.92 Å². The minimum atomic E-state index is 0.131. The molecule has 110 valence electrons. The van der Waals surface area contributed by atoms with Crippen LogP contribution in [0.5, 0.6) is 0 Å². The first-order valence-electron chi connectivity index (χ1n) is 7.33. The van der Waals surface area contributed by atoms with E-state index in [-0.39, 0.29) is 11.4 Å². The number of ether oxygens (including phenoxy) is 1. The van der Waals surface area contributed by atoms with Crippen molar-refractivity contribution in [3.05, 3.63) is 0 Å². The number of nitrogens with zero attached hydrogens (tertiary/aromatic N) is 3. The van der Waals surface area contributed by atoms with Crippen LogP contribution in [0.2, 0.25) is 0 Å². The van der Waals surface area contributed by atoms with E-state index < -0.39 is 0 Å². The Bertz CT molecular complexity index is 322. The van der Waals surface area contributed by atoms with Gasteiger partial charge in [0.05, 0.1) is 13.2 Å². The van der Waals surface area contributed by atoms with Crippen LogP contribution in [0.25, 0.3) is 0 Å². The quantitative estimate of drug-likeness (QED) is 0.715. The maximum absolute atomic E-state index is 12.2. The van der Waals surface area contributed by atoms with Crippen LogP contribution in [0.15, 0.2) is 0 Å². The van der Waals surface area contributed by atoms with Crippen LogP contribution in [-0.2, 0) is 4.74 Å². The Labute approximate surface area is 116 Å². The first kappa shape index (κ1) is 14.6. The minimum Gasteiger partial charge on any atom is -0.379 e. The summed E-state index contributed by atoms with van der Waals surface area (Å²) >= 11 is 0. The molecule has 5 heteroatoms. The van der Waals surface area contributed by atoms with E-state index in [1.807, 2.05) is 19.0 Å². The topological polar surface area (TPSA) is 36.0 Å². The number of rotatable bonds is 1. The second kappa shape index (κ2) is 6.09. The van der Waals surface area contributed by atoms with Crippen molar-refractivity contribution >= 4 is 6.03 Å². The van der Waals surface area contributed by atoms with Gasteiger partial charge in [0.1, 0.15) is 0 Å². The smallest absolute Gasteiger partial charge is 0.319 e. The van der Waals surface area contributed by atoms with Crippen LogP contribution in [0.3, 0.4) is 0 Å². The molecule has 2 heterocycles. The van der Waals surface area contributed by atoms with Crippen molar-refractivity contribution in [2.75, 3.05) is 60.0 Å². The molecule has 0 aromatic carbocycles. The second-order valence-corrected chi connectivity index (χ2v) is 6.12.